The van der Waals surface area contributed by atoms with Crippen molar-refractivity contribution < 1.29 is 9.53 Å². The molecule has 1 aliphatic heterocycles. The van der Waals surface area contributed by atoms with Crippen molar-refractivity contribution in [3.05, 3.63) is 40.3 Å². The third kappa shape index (κ3) is 2.10. The lowest BCUT2D eigenvalue weighted by atomic mass is 10.1. The zero-order valence-corrected chi connectivity index (χ0v) is 7.97. The molecule has 1 amide bonds. The first-order chi connectivity index (χ1) is 7.29. The highest BCUT2D eigenvalue weighted by molar-refractivity contribution is 5.92. The van der Waals surface area contributed by atoms with Crippen LogP contribution in [0.15, 0.2) is 29.5 Å². The molecule has 0 atom stereocenters. The Morgan fingerprint density at radius 1 is 1.47 bits per heavy atom. The highest BCUT2D eigenvalue weighted by Crippen LogP contribution is 2.26. The predicted molar refractivity (Wildman–Crippen MR) is 55.5 cm³/mol. The van der Waals surface area contributed by atoms with Gasteiger partial charge in [0.05, 0.1) is 6.61 Å². The second-order valence-electron chi connectivity index (χ2n) is 3.23. The Labute approximate surface area is 86.5 Å². The van der Waals surface area contributed by atoms with E-state index < -0.39 is 5.91 Å². The molecular formula is C11H9NO3. The summed E-state index contributed by atoms with van der Waals surface area (Å²) in [5.74, 6) is 0.124. The lowest BCUT2D eigenvalue weighted by Gasteiger charge is -1.98. The first kappa shape index (κ1) is 9.58. The molecule has 0 fully saturated rings. The molecule has 0 saturated heterocycles. The van der Waals surface area contributed by atoms with Crippen LogP contribution >= 0.6 is 0 Å². The van der Waals surface area contributed by atoms with E-state index in [1.54, 1.807) is 6.08 Å². The quantitative estimate of drug-likeness (QED) is 0.545. The smallest absolute Gasteiger partial charge is 0.309 e. The second kappa shape index (κ2) is 4.04. The van der Waals surface area contributed by atoms with Crippen molar-refractivity contribution in [1.82, 2.24) is 0 Å². The SMILES string of the molecule is O=NC(=O)/C=C/c1ccc2c(c1)CCO2. The summed E-state index contributed by atoms with van der Waals surface area (Å²) in [6.07, 6.45) is 3.61. The predicted octanol–water partition coefficient (Wildman–Crippen LogP) is 1.93. The first-order valence-corrected chi connectivity index (χ1v) is 4.61. The number of rotatable bonds is 2. The normalized spacial score (nSPS) is 13.6. The van der Waals surface area contributed by atoms with Gasteiger partial charge in [0.15, 0.2) is 0 Å². The molecule has 0 N–H and O–H groups in total. The summed E-state index contributed by atoms with van der Waals surface area (Å²) >= 11 is 0. The van der Waals surface area contributed by atoms with E-state index in [4.69, 9.17) is 4.74 Å². The molecule has 1 aromatic carbocycles. The molecular weight excluding hydrogens is 194 g/mol. The molecule has 0 aromatic heterocycles. The summed E-state index contributed by atoms with van der Waals surface area (Å²) in [5, 5.41) is 2.28. The fraction of sp³-hybridized carbons (Fsp3) is 0.182. The van der Waals surface area contributed by atoms with E-state index in [0.29, 0.717) is 6.61 Å². The molecule has 76 valence electrons. The number of fused-ring (bicyclic) bond motifs is 1. The Morgan fingerprint density at radius 2 is 2.33 bits per heavy atom. The highest BCUT2D eigenvalue weighted by atomic mass is 16.5. The van der Waals surface area contributed by atoms with Crippen LogP contribution in [-0.2, 0) is 11.2 Å². The summed E-state index contributed by atoms with van der Waals surface area (Å²) < 4.78 is 5.34. The minimum Gasteiger partial charge on any atom is -0.493 e. The Kier molecular flexibility index (Phi) is 2.58. The molecule has 0 spiro atoms. The van der Waals surface area contributed by atoms with Gasteiger partial charge in [-0.15, -0.1) is 4.91 Å². The van der Waals surface area contributed by atoms with Crippen molar-refractivity contribution in [1.29, 1.82) is 0 Å². The number of carbonyl (C=O) groups excluding carboxylic acids is 1. The third-order valence-corrected chi connectivity index (χ3v) is 2.22. The van der Waals surface area contributed by atoms with E-state index in [1.165, 1.54) is 0 Å². The monoisotopic (exact) mass is 203 g/mol. The molecule has 1 aromatic rings. The summed E-state index contributed by atoms with van der Waals surface area (Å²) in [5.41, 5.74) is 2.00. The zero-order valence-electron chi connectivity index (χ0n) is 7.97. The fourth-order valence-corrected chi connectivity index (χ4v) is 1.51. The maximum Gasteiger partial charge on any atom is 0.309 e. The van der Waals surface area contributed by atoms with E-state index >= 15 is 0 Å². The molecule has 0 radical (unpaired) electrons. The van der Waals surface area contributed by atoms with Crippen molar-refractivity contribution in [2.24, 2.45) is 5.18 Å². The van der Waals surface area contributed by atoms with Crippen molar-refractivity contribution in [2.75, 3.05) is 6.61 Å². The van der Waals surface area contributed by atoms with Gasteiger partial charge in [0.2, 0.25) is 0 Å². The third-order valence-electron chi connectivity index (χ3n) is 2.22. The van der Waals surface area contributed by atoms with Gasteiger partial charge < -0.3 is 4.74 Å². The maximum absolute atomic E-state index is 10.6. The Hall–Kier alpha value is -1.97. The summed E-state index contributed by atoms with van der Waals surface area (Å²) in [6.45, 7) is 0.706. The average molecular weight is 203 g/mol. The van der Waals surface area contributed by atoms with Gasteiger partial charge in [-0.2, -0.15) is 0 Å². The standard InChI is InChI=1S/C11H9NO3/c13-11(12-14)4-2-8-1-3-10-9(7-8)5-6-15-10/h1-4,7H,5-6H2/b4-2+. The average Bonchev–Trinajstić information content (AvgIpc) is 2.72. The highest BCUT2D eigenvalue weighted by Gasteiger charge is 2.10. The Morgan fingerprint density at radius 3 is 3.13 bits per heavy atom. The van der Waals surface area contributed by atoms with Crippen LogP contribution in [0, 0.1) is 4.91 Å². The van der Waals surface area contributed by atoms with Crippen LogP contribution < -0.4 is 4.74 Å². The molecule has 0 saturated carbocycles. The van der Waals surface area contributed by atoms with Gasteiger partial charge in [-0.1, -0.05) is 6.07 Å². The van der Waals surface area contributed by atoms with Crippen LogP contribution in [0.2, 0.25) is 0 Å². The summed E-state index contributed by atoms with van der Waals surface area (Å²) in [7, 11) is 0. The molecule has 2 rings (SSSR count). The van der Waals surface area contributed by atoms with Gasteiger partial charge in [-0.3, -0.25) is 4.79 Å². The minimum atomic E-state index is -0.772. The van der Waals surface area contributed by atoms with Crippen LogP contribution in [0.4, 0.5) is 0 Å². The van der Waals surface area contributed by atoms with E-state index in [-0.39, 0.29) is 0 Å². The summed E-state index contributed by atoms with van der Waals surface area (Å²) in [6, 6.07) is 5.64. The molecule has 1 aliphatic rings. The molecule has 1 heterocycles. The van der Waals surface area contributed by atoms with Gasteiger partial charge in [0.25, 0.3) is 0 Å². The lowest BCUT2D eigenvalue weighted by Crippen LogP contribution is -1.85. The number of carbonyl (C=O) groups is 1. The van der Waals surface area contributed by atoms with Crippen molar-refractivity contribution in [3.8, 4) is 5.75 Å². The Balaban J connectivity index is 2.20. The number of hydrogen-bond acceptors (Lipinski definition) is 3. The number of hydrogen-bond donors (Lipinski definition) is 0. The molecule has 0 aliphatic carbocycles. The van der Waals surface area contributed by atoms with Gasteiger partial charge >= 0.3 is 5.91 Å². The van der Waals surface area contributed by atoms with Crippen molar-refractivity contribution in [2.45, 2.75) is 6.42 Å². The van der Waals surface area contributed by atoms with Gasteiger partial charge in [-0.25, -0.2) is 0 Å². The molecule has 4 nitrogen and oxygen atoms in total. The molecule has 0 bridgehead atoms. The van der Waals surface area contributed by atoms with E-state index in [2.05, 4.69) is 5.18 Å². The van der Waals surface area contributed by atoms with Crippen LogP contribution in [0.3, 0.4) is 0 Å². The number of nitrogens with zero attached hydrogens (tertiary/aromatic N) is 1. The van der Waals surface area contributed by atoms with Crippen LogP contribution in [0.25, 0.3) is 6.08 Å². The largest absolute Gasteiger partial charge is 0.493 e. The van der Waals surface area contributed by atoms with Crippen molar-refractivity contribution >= 4 is 12.0 Å². The fourth-order valence-electron chi connectivity index (χ4n) is 1.51. The van der Waals surface area contributed by atoms with Gasteiger partial charge in [0, 0.05) is 17.7 Å². The van der Waals surface area contributed by atoms with Crippen LogP contribution in [0.1, 0.15) is 11.1 Å². The number of nitroso groups, excluding NO2 is 1. The van der Waals surface area contributed by atoms with Crippen LogP contribution in [0.5, 0.6) is 5.75 Å². The maximum atomic E-state index is 10.6. The number of benzene rings is 1. The molecule has 15 heavy (non-hydrogen) atoms. The molecule has 4 heteroatoms. The topological polar surface area (TPSA) is 55.7 Å². The van der Waals surface area contributed by atoms with Crippen LogP contribution in [-0.4, -0.2) is 12.5 Å². The zero-order chi connectivity index (χ0) is 10.7. The van der Waals surface area contributed by atoms with E-state index in [1.807, 2.05) is 18.2 Å². The van der Waals surface area contributed by atoms with Gasteiger partial charge in [0.1, 0.15) is 5.75 Å². The number of ether oxygens (including phenoxy) is 1. The van der Waals surface area contributed by atoms with E-state index in [9.17, 15) is 9.70 Å². The lowest BCUT2D eigenvalue weighted by molar-refractivity contribution is -0.113. The second-order valence-corrected chi connectivity index (χ2v) is 3.23. The molecule has 0 unspecified atom stereocenters. The minimum absolute atomic E-state index is 0.706. The van der Waals surface area contributed by atoms with Crippen molar-refractivity contribution in [3.63, 3.8) is 0 Å². The summed E-state index contributed by atoms with van der Waals surface area (Å²) in [4.78, 5) is 20.5. The number of amides is 1. The first-order valence-electron chi connectivity index (χ1n) is 4.61. The van der Waals surface area contributed by atoms with Gasteiger partial charge in [-0.05, 0) is 29.3 Å². The Bertz CT molecular complexity index is 437. The van der Waals surface area contributed by atoms with E-state index in [0.717, 1.165) is 29.4 Å².